The molecule has 0 aliphatic heterocycles. The summed E-state index contributed by atoms with van der Waals surface area (Å²) in [5.74, 6) is 1.73. The van der Waals surface area contributed by atoms with E-state index in [0.29, 0.717) is 0 Å². The van der Waals surface area contributed by atoms with Gasteiger partial charge in [-0.15, -0.1) is 0 Å². The Kier molecular flexibility index (Phi) is 4.01. The van der Waals surface area contributed by atoms with Crippen LogP contribution < -0.4 is 4.74 Å². The van der Waals surface area contributed by atoms with Gasteiger partial charge in [-0.1, -0.05) is 36.4 Å². The summed E-state index contributed by atoms with van der Waals surface area (Å²) in [5, 5.41) is 0. The van der Waals surface area contributed by atoms with Crippen LogP contribution in [0.1, 0.15) is 5.69 Å². The van der Waals surface area contributed by atoms with E-state index in [4.69, 9.17) is 9.72 Å². The van der Waals surface area contributed by atoms with Crippen molar-refractivity contribution in [2.45, 2.75) is 0 Å². The van der Waals surface area contributed by atoms with Crippen molar-refractivity contribution >= 4 is 17.4 Å². The van der Waals surface area contributed by atoms with Gasteiger partial charge in [-0.2, -0.15) is 0 Å². The molecular weight excluding hydrogens is 310 g/mol. The van der Waals surface area contributed by atoms with E-state index in [1.54, 1.807) is 7.11 Å². The van der Waals surface area contributed by atoms with Crippen LogP contribution in [0, 0.1) is 0 Å². The highest BCUT2D eigenvalue weighted by atomic mass is 16.5. The van der Waals surface area contributed by atoms with Crippen LogP contribution in [-0.4, -0.2) is 22.7 Å². The number of ether oxygens (including phenoxy) is 1. The topological polar surface area (TPSA) is 38.9 Å². The summed E-state index contributed by atoms with van der Waals surface area (Å²) in [6, 6.07) is 23.9. The Morgan fingerprint density at radius 1 is 0.920 bits per heavy atom. The molecule has 122 valence electrons. The van der Waals surface area contributed by atoms with Crippen molar-refractivity contribution in [2.75, 3.05) is 7.11 Å². The van der Waals surface area contributed by atoms with Gasteiger partial charge in [0.1, 0.15) is 17.3 Å². The lowest BCUT2D eigenvalue weighted by molar-refractivity contribution is 0.415. The molecule has 4 heteroatoms. The Morgan fingerprint density at radius 3 is 2.44 bits per heavy atom. The van der Waals surface area contributed by atoms with E-state index in [1.807, 2.05) is 67.0 Å². The predicted octanol–water partition coefficient (Wildman–Crippen LogP) is 4.76. The molecule has 0 amide bonds. The Balaban J connectivity index is 1.76. The van der Waals surface area contributed by atoms with Gasteiger partial charge >= 0.3 is 0 Å². The van der Waals surface area contributed by atoms with Gasteiger partial charge in [0.05, 0.1) is 24.5 Å². The number of nitrogens with zero attached hydrogens (tertiary/aromatic N) is 3. The second-order valence-electron chi connectivity index (χ2n) is 5.60. The standard InChI is InChI=1S/C21H17N3O/c1-25-18-12-10-17(11-13-18)22-15-19-20-9-5-6-14-24(20)21(23-19)16-7-3-2-4-8-16/h2-15H,1H3. The van der Waals surface area contributed by atoms with Crippen LogP contribution in [0.5, 0.6) is 5.75 Å². The smallest absolute Gasteiger partial charge is 0.145 e. The number of hydrogen-bond acceptors (Lipinski definition) is 3. The third-order valence-electron chi connectivity index (χ3n) is 4.02. The predicted molar refractivity (Wildman–Crippen MR) is 101 cm³/mol. The van der Waals surface area contributed by atoms with Gasteiger partial charge in [0.15, 0.2) is 0 Å². The lowest BCUT2D eigenvalue weighted by atomic mass is 10.2. The maximum Gasteiger partial charge on any atom is 0.145 e. The zero-order valence-corrected chi connectivity index (χ0v) is 13.8. The van der Waals surface area contributed by atoms with Crippen molar-refractivity contribution in [1.29, 1.82) is 0 Å². The SMILES string of the molecule is COc1ccc(N=Cc2nc(-c3ccccc3)n3ccccc23)cc1. The fourth-order valence-electron chi connectivity index (χ4n) is 2.75. The average Bonchev–Trinajstić information content (AvgIpc) is 3.06. The molecule has 4 aromatic rings. The van der Waals surface area contributed by atoms with Crippen molar-refractivity contribution in [3.05, 3.63) is 84.7 Å². The summed E-state index contributed by atoms with van der Waals surface area (Å²) in [7, 11) is 1.65. The fraction of sp³-hybridized carbons (Fsp3) is 0.0476. The minimum absolute atomic E-state index is 0.817. The summed E-state index contributed by atoms with van der Waals surface area (Å²) in [4.78, 5) is 9.35. The zero-order chi connectivity index (χ0) is 17.1. The number of pyridine rings is 1. The third kappa shape index (κ3) is 3.02. The van der Waals surface area contributed by atoms with Crippen LogP contribution in [-0.2, 0) is 0 Å². The van der Waals surface area contributed by atoms with E-state index >= 15 is 0 Å². The minimum atomic E-state index is 0.817. The fourth-order valence-corrected chi connectivity index (χ4v) is 2.75. The molecule has 0 unspecified atom stereocenters. The Bertz CT molecular complexity index is 1020. The van der Waals surface area contributed by atoms with Crippen molar-refractivity contribution in [1.82, 2.24) is 9.38 Å². The lowest BCUT2D eigenvalue weighted by Crippen LogP contribution is -1.87. The second-order valence-corrected chi connectivity index (χ2v) is 5.60. The Labute approximate surface area is 146 Å². The molecule has 4 rings (SSSR count). The van der Waals surface area contributed by atoms with Gasteiger partial charge in [0.25, 0.3) is 0 Å². The van der Waals surface area contributed by atoms with E-state index in [2.05, 4.69) is 27.6 Å². The van der Waals surface area contributed by atoms with E-state index in [1.165, 1.54) is 0 Å². The van der Waals surface area contributed by atoms with Crippen molar-refractivity contribution in [3.8, 4) is 17.1 Å². The third-order valence-corrected chi connectivity index (χ3v) is 4.02. The normalized spacial score (nSPS) is 11.2. The monoisotopic (exact) mass is 327 g/mol. The van der Waals surface area contributed by atoms with Gasteiger partial charge in [-0.05, 0) is 36.4 Å². The molecule has 2 heterocycles. The van der Waals surface area contributed by atoms with Crippen LogP contribution in [0.25, 0.3) is 16.9 Å². The molecule has 0 atom stereocenters. The highest BCUT2D eigenvalue weighted by Gasteiger charge is 2.10. The first-order valence-electron chi connectivity index (χ1n) is 8.06. The summed E-state index contributed by atoms with van der Waals surface area (Å²) < 4.78 is 7.26. The van der Waals surface area contributed by atoms with Gasteiger partial charge in [-0.25, -0.2) is 4.98 Å². The van der Waals surface area contributed by atoms with Crippen LogP contribution in [0.15, 0.2) is 84.0 Å². The molecule has 2 aromatic carbocycles. The average molecular weight is 327 g/mol. The molecule has 0 fully saturated rings. The Hall–Kier alpha value is -3.40. The maximum absolute atomic E-state index is 5.17. The van der Waals surface area contributed by atoms with E-state index < -0.39 is 0 Å². The first kappa shape index (κ1) is 15.1. The van der Waals surface area contributed by atoms with Gasteiger partial charge in [-0.3, -0.25) is 9.39 Å². The molecule has 25 heavy (non-hydrogen) atoms. The zero-order valence-electron chi connectivity index (χ0n) is 13.8. The molecule has 4 nitrogen and oxygen atoms in total. The highest BCUT2D eigenvalue weighted by Crippen LogP contribution is 2.23. The Morgan fingerprint density at radius 2 is 1.68 bits per heavy atom. The van der Waals surface area contributed by atoms with Crippen LogP contribution >= 0.6 is 0 Å². The highest BCUT2D eigenvalue weighted by molar-refractivity contribution is 5.90. The number of rotatable bonds is 4. The van der Waals surface area contributed by atoms with Gasteiger partial charge in [0.2, 0.25) is 0 Å². The summed E-state index contributed by atoms with van der Waals surface area (Å²) in [6.07, 6.45) is 3.83. The largest absolute Gasteiger partial charge is 0.497 e. The molecule has 0 aliphatic rings. The van der Waals surface area contributed by atoms with Gasteiger partial charge in [0, 0.05) is 11.8 Å². The number of methoxy groups -OCH3 is 1. The summed E-state index contributed by atoms with van der Waals surface area (Å²) in [5.41, 5.74) is 3.81. The van der Waals surface area contributed by atoms with Gasteiger partial charge < -0.3 is 4.74 Å². The molecular formula is C21H17N3O. The van der Waals surface area contributed by atoms with Crippen LogP contribution in [0.3, 0.4) is 0 Å². The number of aliphatic imine (C=N–C) groups is 1. The minimum Gasteiger partial charge on any atom is -0.497 e. The molecule has 0 saturated heterocycles. The second kappa shape index (κ2) is 6.61. The molecule has 0 bridgehead atoms. The number of aromatic nitrogens is 2. The first-order chi connectivity index (χ1) is 12.3. The molecule has 2 aromatic heterocycles. The van der Waals surface area contributed by atoms with E-state index in [0.717, 1.165) is 34.0 Å². The number of imidazole rings is 1. The first-order valence-corrected chi connectivity index (χ1v) is 8.06. The van der Waals surface area contributed by atoms with Crippen molar-refractivity contribution in [3.63, 3.8) is 0 Å². The summed E-state index contributed by atoms with van der Waals surface area (Å²) >= 11 is 0. The molecule has 0 aliphatic carbocycles. The maximum atomic E-state index is 5.17. The molecule has 0 spiro atoms. The molecule has 0 radical (unpaired) electrons. The van der Waals surface area contributed by atoms with E-state index in [-0.39, 0.29) is 0 Å². The number of benzene rings is 2. The van der Waals surface area contributed by atoms with Crippen molar-refractivity contribution in [2.24, 2.45) is 4.99 Å². The molecule has 0 saturated carbocycles. The van der Waals surface area contributed by atoms with Crippen LogP contribution in [0.4, 0.5) is 5.69 Å². The van der Waals surface area contributed by atoms with Crippen molar-refractivity contribution < 1.29 is 4.74 Å². The lowest BCUT2D eigenvalue weighted by Gasteiger charge is -2.00. The quantitative estimate of drug-likeness (QED) is 0.507. The summed E-state index contributed by atoms with van der Waals surface area (Å²) in [6.45, 7) is 0. The van der Waals surface area contributed by atoms with Crippen LogP contribution in [0.2, 0.25) is 0 Å². The number of hydrogen-bond donors (Lipinski definition) is 0. The van der Waals surface area contributed by atoms with E-state index in [9.17, 15) is 0 Å². The molecule has 0 N–H and O–H groups in total. The number of fused-ring (bicyclic) bond motifs is 1.